The SMILES string of the molecule is Cc1nc([C@@H]2CCN(Cc3cccnc3)C2)c2sccn12. The zero-order chi connectivity index (χ0) is 14.2. The first-order valence-corrected chi connectivity index (χ1v) is 8.22. The molecule has 3 aromatic heterocycles. The largest absolute Gasteiger partial charge is 0.298 e. The maximum absolute atomic E-state index is 4.81. The maximum Gasteiger partial charge on any atom is 0.123 e. The van der Waals surface area contributed by atoms with E-state index in [0.717, 1.165) is 25.5 Å². The minimum atomic E-state index is 0.559. The van der Waals surface area contributed by atoms with Crippen molar-refractivity contribution in [2.75, 3.05) is 13.1 Å². The van der Waals surface area contributed by atoms with Crippen LogP contribution in [-0.2, 0) is 6.54 Å². The molecule has 0 spiro atoms. The lowest BCUT2D eigenvalue weighted by atomic mass is 10.1. The summed E-state index contributed by atoms with van der Waals surface area (Å²) in [5.41, 5.74) is 2.58. The van der Waals surface area contributed by atoms with Crippen LogP contribution in [0.15, 0.2) is 36.1 Å². The third kappa shape index (κ3) is 2.36. The van der Waals surface area contributed by atoms with Gasteiger partial charge in [-0.2, -0.15) is 0 Å². The van der Waals surface area contributed by atoms with Gasteiger partial charge in [0.1, 0.15) is 10.7 Å². The summed E-state index contributed by atoms with van der Waals surface area (Å²) in [6.07, 6.45) is 7.11. The van der Waals surface area contributed by atoms with Gasteiger partial charge >= 0.3 is 0 Å². The van der Waals surface area contributed by atoms with E-state index < -0.39 is 0 Å². The summed E-state index contributed by atoms with van der Waals surface area (Å²) >= 11 is 1.80. The minimum Gasteiger partial charge on any atom is -0.298 e. The first kappa shape index (κ1) is 13.0. The van der Waals surface area contributed by atoms with E-state index in [4.69, 9.17) is 4.98 Å². The van der Waals surface area contributed by atoms with Gasteiger partial charge < -0.3 is 0 Å². The highest BCUT2D eigenvalue weighted by Crippen LogP contribution is 2.32. The lowest BCUT2D eigenvalue weighted by molar-refractivity contribution is 0.326. The van der Waals surface area contributed by atoms with E-state index in [1.54, 1.807) is 11.3 Å². The highest BCUT2D eigenvalue weighted by atomic mass is 32.1. The van der Waals surface area contributed by atoms with Gasteiger partial charge in [-0.15, -0.1) is 11.3 Å². The fraction of sp³-hybridized carbons (Fsp3) is 0.375. The Kier molecular flexibility index (Phi) is 3.24. The molecule has 5 heteroatoms. The second-order valence-corrected chi connectivity index (χ2v) is 6.60. The molecule has 1 fully saturated rings. The van der Waals surface area contributed by atoms with Gasteiger partial charge in [-0.3, -0.25) is 14.3 Å². The number of aryl methyl sites for hydroxylation is 1. The van der Waals surface area contributed by atoms with Crippen LogP contribution >= 0.6 is 11.3 Å². The first-order valence-electron chi connectivity index (χ1n) is 7.34. The van der Waals surface area contributed by atoms with E-state index >= 15 is 0 Å². The number of likely N-dealkylation sites (tertiary alicyclic amines) is 1. The Bertz CT molecular complexity index is 746. The van der Waals surface area contributed by atoms with Crippen LogP contribution in [0.4, 0.5) is 0 Å². The summed E-state index contributed by atoms with van der Waals surface area (Å²) in [4.78, 5) is 12.8. The van der Waals surface area contributed by atoms with Crippen molar-refractivity contribution < 1.29 is 0 Å². The monoisotopic (exact) mass is 298 g/mol. The Balaban J connectivity index is 1.52. The number of aromatic nitrogens is 3. The third-order valence-electron chi connectivity index (χ3n) is 4.25. The van der Waals surface area contributed by atoms with E-state index in [9.17, 15) is 0 Å². The molecule has 0 aliphatic carbocycles. The third-order valence-corrected chi connectivity index (χ3v) is 5.13. The predicted octanol–water partition coefficient (Wildman–Crippen LogP) is 3.09. The molecule has 1 aliphatic heterocycles. The van der Waals surface area contributed by atoms with Gasteiger partial charge in [0.2, 0.25) is 0 Å². The molecule has 4 nitrogen and oxygen atoms in total. The van der Waals surface area contributed by atoms with E-state index in [-0.39, 0.29) is 0 Å². The molecule has 4 heterocycles. The zero-order valence-electron chi connectivity index (χ0n) is 12.1. The maximum atomic E-state index is 4.81. The predicted molar refractivity (Wildman–Crippen MR) is 84.7 cm³/mol. The van der Waals surface area contributed by atoms with Gasteiger partial charge in [-0.1, -0.05) is 6.07 Å². The van der Waals surface area contributed by atoms with Gasteiger partial charge in [0.25, 0.3) is 0 Å². The van der Waals surface area contributed by atoms with E-state index in [2.05, 4.69) is 38.9 Å². The number of thiazole rings is 1. The van der Waals surface area contributed by atoms with Crippen molar-refractivity contribution >= 4 is 16.2 Å². The second-order valence-electron chi connectivity index (χ2n) is 5.70. The Morgan fingerprint density at radius 3 is 3.24 bits per heavy atom. The molecule has 0 aromatic carbocycles. The lowest BCUT2D eigenvalue weighted by Crippen LogP contribution is -2.19. The topological polar surface area (TPSA) is 33.4 Å². The summed E-state index contributed by atoms with van der Waals surface area (Å²) in [6.45, 7) is 5.32. The molecule has 0 bridgehead atoms. The average molecular weight is 298 g/mol. The van der Waals surface area contributed by atoms with Crippen molar-refractivity contribution in [3.05, 3.63) is 53.2 Å². The molecule has 0 saturated carbocycles. The molecule has 0 unspecified atom stereocenters. The Morgan fingerprint density at radius 2 is 2.38 bits per heavy atom. The Morgan fingerprint density at radius 1 is 1.43 bits per heavy atom. The number of hydrogen-bond acceptors (Lipinski definition) is 4. The van der Waals surface area contributed by atoms with E-state index in [0.29, 0.717) is 5.92 Å². The molecule has 21 heavy (non-hydrogen) atoms. The molecule has 0 N–H and O–H groups in total. The molecule has 1 atom stereocenters. The number of imidazole rings is 1. The van der Waals surface area contributed by atoms with Crippen LogP contribution in [-0.4, -0.2) is 32.4 Å². The smallest absolute Gasteiger partial charge is 0.123 e. The Hall–Kier alpha value is -1.72. The van der Waals surface area contributed by atoms with Crippen molar-refractivity contribution in [1.82, 2.24) is 19.3 Å². The van der Waals surface area contributed by atoms with Gasteiger partial charge in [-0.05, 0) is 31.5 Å². The van der Waals surface area contributed by atoms with Crippen LogP contribution < -0.4 is 0 Å². The van der Waals surface area contributed by atoms with Crippen molar-refractivity contribution in [2.24, 2.45) is 0 Å². The molecule has 3 aromatic rings. The number of pyridine rings is 1. The molecule has 1 saturated heterocycles. The van der Waals surface area contributed by atoms with Crippen molar-refractivity contribution in [2.45, 2.75) is 25.8 Å². The van der Waals surface area contributed by atoms with Crippen LogP contribution in [0.3, 0.4) is 0 Å². The van der Waals surface area contributed by atoms with E-state index in [1.165, 1.54) is 22.5 Å². The number of rotatable bonds is 3. The molecule has 4 rings (SSSR count). The van der Waals surface area contributed by atoms with Crippen molar-refractivity contribution in [3.63, 3.8) is 0 Å². The number of fused-ring (bicyclic) bond motifs is 1. The molecular weight excluding hydrogens is 280 g/mol. The van der Waals surface area contributed by atoms with Gasteiger partial charge in [0.05, 0.1) is 5.69 Å². The highest BCUT2D eigenvalue weighted by molar-refractivity contribution is 7.15. The summed E-state index contributed by atoms with van der Waals surface area (Å²) in [6, 6.07) is 4.16. The summed E-state index contributed by atoms with van der Waals surface area (Å²) in [5.74, 6) is 1.66. The minimum absolute atomic E-state index is 0.559. The summed E-state index contributed by atoms with van der Waals surface area (Å²) in [5, 5.41) is 2.15. The van der Waals surface area contributed by atoms with Crippen LogP contribution in [0, 0.1) is 6.92 Å². The summed E-state index contributed by atoms with van der Waals surface area (Å²) < 4.78 is 2.21. The number of nitrogens with zero attached hydrogens (tertiary/aromatic N) is 4. The molecule has 0 radical (unpaired) electrons. The van der Waals surface area contributed by atoms with Crippen LogP contribution in [0.25, 0.3) is 4.83 Å². The molecular formula is C16H18N4S. The fourth-order valence-corrected chi connectivity index (χ4v) is 4.16. The number of hydrogen-bond donors (Lipinski definition) is 0. The van der Waals surface area contributed by atoms with Gasteiger partial charge in [0.15, 0.2) is 0 Å². The van der Waals surface area contributed by atoms with Crippen LogP contribution in [0.2, 0.25) is 0 Å². The van der Waals surface area contributed by atoms with E-state index in [1.807, 2.05) is 18.5 Å². The fourth-order valence-electron chi connectivity index (χ4n) is 3.21. The van der Waals surface area contributed by atoms with Crippen LogP contribution in [0.1, 0.15) is 29.4 Å². The van der Waals surface area contributed by atoms with Gasteiger partial charge in [0, 0.05) is 43.0 Å². The standard InChI is InChI=1S/C16H18N4S/c1-12-18-15(16-20(12)7-8-21-16)14-4-6-19(11-14)10-13-3-2-5-17-9-13/h2-3,5,7-9,14H,4,6,10-11H2,1H3/t14-/m1/s1. The Labute approximate surface area is 128 Å². The first-order chi connectivity index (χ1) is 10.3. The zero-order valence-corrected chi connectivity index (χ0v) is 12.9. The average Bonchev–Trinajstić information content (AvgIpc) is 3.19. The van der Waals surface area contributed by atoms with Crippen LogP contribution in [0.5, 0.6) is 0 Å². The second kappa shape index (κ2) is 5.24. The quantitative estimate of drug-likeness (QED) is 0.745. The van der Waals surface area contributed by atoms with Crippen molar-refractivity contribution in [3.8, 4) is 0 Å². The summed E-state index contributed by atoms with van der Waals surface area (Å²) in [7, 11) is 0. The molecule has 1 aliphatic rings. The highest BCUT2D eigenvalue weighted by Gasteiger charge is 2.28. The normalized spacial score (nSPS) is 19.6. The lowest BCUT2D eigenvalue weighted by Gasteiger charge is -2.15. The molecule has 108 valence electrons. The van der Waals surface area contributed by atoms with Crippen molar-refractivity contribution in [1.29, 1.82) is 0 Å². The van der Waals surface area contributed by atoms with Gasteiger partial charge in [-0.25, -0.2) is 4.98 Å². The molecule has 0 amide bonds.